The highest BCUT2D eigenvalue weighted by Gasteiger charge is 2.22. The molecule has 6 aromatic carbocycles. The van der Waals surface area contributed by atoms with Crippen molar-refractivity contribution in [1.29, 1.82) is 0 Å². The topological polar surface area (TPSA) is 69.1 Å². The molecule has 0 aliphatic rings. The lowest BCUT2D eigenvalue weighted by Crippen LogP contribution is -2.01. The molecule has 9 aromatic rings. The lowest BCUT2D eigenvalue weighted by molar-refractivity contribution is 0.671. The van der Waals surface area contributed by atoms with E-state index in [1.54, 1.807) is 6.21 Å². The Kier molecular flexibility index (Phi) is 7.40. The molecule has 9 rings (SSSR count). The summed E-state index contributed by atoms with van der Waals surface area (Å²) in [5, 5.41) is 4.25. The average Bonchev–Trinajstić information content (AvgIpc) is 3.74. The number of hydrogen-bond donors (Lipinski definition) is 0. The largest absolute Gasteiger partial charge is 0.454 e. The first-order chi connectivity index (χ1) is 25.2. The fourth-order valence-corrected chi connectivity index (χ4v) is 6.81. The lowest BCUT2D eigenvalue weighted by Gasteiger charge is -2.12. The SMILES string of the molecule is C=C(N=C/C=C\C)c1cc2c(cc1-c1nc(-c3ccccc3)nc(-c3ccccc3)n1)oc1c2ccc2c3ccccc3n(-c3ccccc3)c21. The van der Waals surface area contributed by atoms with Crippen LogP contribution < -0.4 is 0 Å². The van der Waals surface area contributed by atoms with Gasteiger partial charge in [0.1, 0.15) is 5.58 Å². The van der Waals surface area contributed by atoms with Gasteiger partial charge in [0.15, 0.2) is 23.1 Å². The van der Waals surface area contributed by atoms with E-state index in [0.717, 1.165) is 60.7 Å². The van der Waals surface area contributed by atoms with Crippen LogP contribution in [0.4, 0.5) is 0 Å². The van der Waals surface area contributed by atoms with Crippen molar-refractivity contribution in [2.75, 3.05) is 0 Å². The van der Waals surface area contributed by atoms with Gasteiger partial charge in [0.05, 0.1) is 16.7 Å². The molecule has 0 saturated carbocycles. The summed E-state index contributed by atoms with van der Waals surface area (Å²) < 4.78 is 9.20. The van der Waals surface area contributed by atoms with Gasteiger partial charge in [0.2, 0.25) is 0 Å². The van der Waals surface area contributed by atoms with Crippen molar-refractivity contribution in [2.24, 2.45) is 4.99 Å². The van der Waals surface area contributed by atoms with Gasteiger partial charge < -0.3 is 8.98 Å². The van der Waals surface area contributed by atoms with Crippen molar-refractivity contribution in [3.63, 3.8) is 0 Å². The van der Waals surface area contributed by atoms with Gasteiger partial charge in [0.25, 0.3) is 0 Å². The Hall–Kier alpha value is -6.92. The minimum absolute atomic E-state index is 0.506. The molecule has 0 unspecified atom stereocenters. The number of aliphatic imine (C=N–C) groups is 1. The second-order valence-electron chi connectivity index (χ2n) is 12.3. The average molecular weight is 658 g/mol. The predicted octanol–water partition coefficient (Wildman–Crippen LogP) is 11.5. The molecule has 0 radical (unpaired) electrons. The Labute approximate surface area is 294 Å². The zero-order chi connectivity index (χ0) is 34.3. The number of rotatable bonds is 7. The maximum atomic E-state index is 6.91. The number of aromatic nitrogens is 4. The number of allylic oxidation sites excluding steroid dienone is 2. The third-order valence-electron chi connectivity index (χ3n) is 9.19. The molecule has 0 atom stereocenters. The van der Waals surface area contributed by atoms with Crippen molar-refractivity contribution in [2.45, 2.75) is 6.92 Å². The van der Waals surface area contributed by atoms with E-state index in [0.29, 0.717) is 28.8 Å². The summed E-state index contributed by atoms with van der Waals surface area (Å²) in [6, 6.07) is 47.4. The molecule has 6 heteroatoms. The molecule has 0 aliphatic carbocycles. The second-order valence-corrected chi connectivity index (χ2v) is 12.3. The van der Waals surface area contributed by atoms with Gasteiger partial charge in [-0.3, -0.25) is 4.99 Å². The summed E-state index contributed by atoms with van der Waals surface area (Å²) in [6.45, 7) is 6.37. The van der Waals surface area contributed by atoms with Crippen LogP contribution >= 0.6 is 0 Å². The van der Waals surface area contributed by atoms with E-state index in [9.17, 15) is 0 Å². The summed E-state index contributed by atoms with van der Waals surface area (Å²) in [5.41, 5.74) is 8.65. The highest BCUT2D eigenvalue weighted by molar-refractivity contribution is 6.22. The molecular weight excluding hydrogens is 627 g/mol. The van der Waals surface area contributed by atoms with E-state index >= 15 is 0 Å². The highest BCUT2D eigenvalue weighted by Crippen LogP contribution is 2.42. The quantitative estimate of drug-likeness (QED) is 0.160. The van der Waals surface area contributed by atoms with Crippen LogP contribution in [-0.4, -0.2) is 25.7 Å². The van der Waals surface area contributed by atoms with Crippen LogP contribution in [-0.2, 0) is 0 Å². The molecule has 3 aromatic heterocycles. The number of furan rings is 1. The normalized spacial score (nSPS) is 11.9. The van der Waals surface area contributed by atoms with Crippen LogP contribution in [0.15, 0.2) is 168 Å². The number of nitrogens with zero attached hydrogens (tertiary/aromatic N) is 5. The molecule has 0 bridgehead atoms. The highest BCUT2D eigenvalue weighted by atomic mass is 16.3. The van der Waals surface area contributed by atoms with Gasteiger partial charge in [-0.05, 0) is 49.4 Å². The van der Waals surface area contributed by atoms with Gasteiger partial charge >= 0.3 is 0 Å². The molecule has 0 amide bonds. The Morgan fingerprint density at radius 2 is 1.25 bits per heavy atom. The van der Waals surface area contributed by atoms with Gasteiger partial charge in [-0.2, -0.15) is 0 Å². The summed E-state index contributed by atoms with van der Waals surface area (Å²) in [4.78, 5) is 19.8. The van der Waals surface area contributed by atoms with Gasteiger partial charge in [-0.15, -0.1) is 0 Å². The predicted molar refractivity (Wildman–Crippen MR) is 210 cm³/mol. The summed E-state index contributed by atoms with van der Waals surface area (Å²) >= 11 is 0. The first-order valence-electron chi connectivity index (χ1n) is 16.9. The van der Waals surface area contributed by atoms with E-state index in [1.807, 2.05) is 91.9 Å². The van der Waals surface area contributed by atoms with Crippen LogP contribution in [0.5, 0.6) is 0 Å². The smallest absolute Gasteiger partial charge is 0.164 e. The standard InChI is InChI=1S/C45H31N5O/c1-3-4-26-46-29(2)36-27-37-35-25-24-34-33-22-14-15-23-39(33)50(32-20-12-7-13-21-32)41(34)42(35)51-40(37)28-38(36)45-48-43(30-16-8-5-9-17-30)47-44(49-45)31-18-10-6-11-19-31/h3-28H,2H2,1H3/b4-3-,46-26?. The van der Waals surface area contributed by atoms with Crippen molar-refractivity contribution >= 4 is 55.7 Å². The van der Waals surface area contributed by atoms with Crippen LogP contribution in [0.2, 0.25) is 0 Å². The van der Waals surface area contributed by atoms with Crippen molar-refractivity contribution < 1.29 is 4.42 Å². The molecule has 0 N–H and O–H groups in total. The Balaban J connectivity index is 1.35. The molecular formula is C45H31N5O. The van der Waals surface area contributed by atoms with E-state index in [1.165, 1.54) is 5.39 Å². The minimum Gasteiger partial charge on any atom is -0.454 e. The number of para-hydroxylation sites is 2. The monoisotopic (exact) mass is 657 g/mol. The second kappa shape index (κ2) is 12.5. The fraction of sp³-hybridized carbons (Fsp3) is 0.0222. The zero-order valence-electron chi connectivity index (χ0n) is 27.9. The summed E-state index contributed by atoms with van der Waals surface area (Å²) in [6.07, 6.45) is 5.58. The Morgan fingerprint density at radius 1 is 0.647 bits per heavy atom. The minimum atomic E-state index is 0.506. The molecule has 6 nitrogen and oxygen atoms in total. The van der Waals surface area contributed by atoms with E-state index in [-0.39, 0.29) is 0 Å². The van der Waals surface area contributed by atoms with Crippen molar-refractivity contribution in [1.82, 2.24) is 19.5 Å². The fourth-order valence-electron chi connectivity index (χ4n) is 6.81. The first kappa shape index (κ1) is 30.2. The van der Waals surface area contributed by atoms with Gasteiger partial charge in [-0.25, -0.2) is 15.0 Å². The van der Waals surface area contributed by atoms with Gasteiger partial charge in [-0.1, -0.05) is 116 Å². The maximum absolute atomic E-state index is 6.91. The first-order valence-corrected chi connectivity index (χ1v) is 16.9. The zero-order valence-corrected chi connectivity index (χ0v) is 27.9. The number of benzene rings is 6. The molecule has 0 spiro atoms. The van der Waals surface area contributed by atoms with E-state index in [2.05, 4.69) is 77.9 Å². The molecule has 0 fully saturated rings. The van der Waals surface area contributed by atoms with Crippen LogP contribution in [0, 0.1) is 0 Å². The van der Waals surface area contributed by atoms with Crippen LogP contribution in [0.25, 0.3) is 89.3 Å². The van der Waals surface area contributed by atoms with E-state index < -0.39 is 0 Å². The third-order valence-corrected chi connectivity index (χ3v) is 9.19. The Morgan fingerprint density at radius 3 is 1.94 bits per heavy atom. The number of hydrogen-bond acceptors (Lipinski definition) is 5. The van der Waals surface area contributed by atoms with E-state index in [4.69, 9.17) is 24.4 Å². The maximum Gasteiger partial charge on any atom is 0.164 e. The molecule has 3 heterocycles. The van der Waals surface area contributed by atoms with Crippen LogP contribution in [0.1, 0.15) is 12.5 Å². The Bertz CT molecular complexity index is 2750. The van der Waals surface area contributed by atoms with Gasteiger partial charge in [0, 0.05) is 55.7 Å². The molecule has 0 aliphatic heterocycles. The lowest BCUT2D eigenvalue weighted by atomic mass is 10.00. The number of fused-ring (bicyclic) bond motifs is 7. The van der Waals surface area contributed by atoms with Crippen molar-refractivity contribution in [3.05, 3.63) is 164 Å². The molecule has 0 saturated heterocycles. The van der Waals surface area contributed by atoms with Crippen molar-refractivity contribution in [3.8, 4) is 39.9 Å². The summed E-state index contributed by atoms with van der Waals surface area (Å²) in [5.74, 6) is 1.66. The van der Waals surface area contributed by atoms with Crippen LogP contribution in [0.3, 0.4) is 0 Å². The summed E-state index contributed by atoms with van der Waals surface area (Å²) in [7, 11) is 0. The molecule has 242 valence electrons. The third kappa shape index (κ3) is 5.21. The molecule has 51 heavy (non-hydrogen) atoms.